The molecule has 2 aromatic heterocycles. The van der Waals surface area contributed by atoms with Gasteiger partial charge < -0.3 is 0 Å². The van der Waals surface area contributed by atoms with Gasteiger partial charge in [0.15, 0.2) is 0 Å². The zero-order valence-corrected chi connectivity index (χ0v) is 8.64. The molecule has 1 atom stereocenters. The lowest BCUT2D eigenvalue weighted by molar-refractivity contribution is 0.627. The predicted molar refractivity (Wildman–Crippen MR) is 56.3 cm³/mol. The minimum absolute atomic E-state index is 0.567. The number of aromatic nitrogens is 3. The molecule has 14 heavy (non-hydrogen) atoms. The molecule has 0 saturated heterocycles. The van der Waals surface area contributed by atoms with E-state index in [2.05, 4.69) is 36.1 Å². The third-order valence-corrected chi connectivity index (χ3v) is 2.58. The predicted octanol–water partition coefficient (Wildman–Crippen LogP) is 2.63. The topological polar surface area (TPSA) is 30.2 Å². The summed E-state index contributed by atoms with van der Waals surface area (Å²) in [6.45, 7) is 4.45. The highest BCUT2D eigenvalue weighted by atomic mass is 15.2. The van der Waals surface area contributed by atoms with Crippen molar-refractivity contribution in [1.29, 1.82) is 0 Å². The molecule has 0 aliphatic rings. The van der Waals surface area contributed by atoms with Gasteiger partial charge in [0.2, 0.25) is 0 Å². The molecule has 2 heterocycles. The third kappa shape index (κ3) is 1.50. The summed E-state index contributed by atoms with van der Waals surface area (Å²) in [6.07, 6.45) is 5.85. The normalized spacial score (nSPS) is 13.3. The zero-order valence-electron chi connectivity index (χ0n) is 8.64. The lowest BCUT2D eigenvalue weighted by Gasteiger charge is -2.08. The first-order chi connectivity index (χ1) is 6.83. The summed E-state index contributed by atoms with van der Waals surface area (Å²) in [4.78, 5) is 4.00. The number of rotatable bonds is 3. The molecule has 1 unspecified atom stereocenters. The van der Waals surface area contributed by atoms with Gasteiger partial charge in [-0.2, -0.15) is 5.10 Å². The second-order valence-corrected chi connectivity index (χ2v) is 3.69. The number of hydrogen-bond acceptors (Lipinski definition) is 2. The van der Waals surface area contributed by atoms with Crippen LogP contribution in [0.1, 0.15) is 38.3 Å². The SMILES string of the molecule is CCCC(C)c1ccc2cncnn12. The molecule has 0 aromatic carbocycles. The molecule has 74 valence electrons. The quantitative estimate of drug-likeness (QED) is 0.743. The Balaban J connectivity index is 2.42. The van der Waals surface area contributed by atoms with E-state index >= 15 is 0 Å². The van der Waals surface area contributed by atoms with Crippen LogP contribution in [0.4, 0.5) is 0 Å². The fourth-order valence-electron chi connectivity index (χ4n) is 1.84. The van der Waals surface area contributed by atoms with Crippen molar-refractivity contribution in [3.63, 3.8) is 0 Å². The van der Waals surface area contributed by atoms with Crippen LogP contribution in [-0.2, 0) is 0 Å². The summed E-state index contributed by atoms with van der Waals surface area (Å²) in [6, 6.07) is 4.21. The summed E-state index contributed by atoms with van der Waals surface area (Å²) in [5.41, 5.74) is 2.36. The van der Waals surface area contributed by atoms with Gasteiger partial charge >= 0.3 is 0 Å². The molecule has 3 nitrogen and oxygen atoms in total. The van der Waals surface area contributed by atoms with E-state index < -0.39 is 0 Å². The van der Waals surface area contributed by atoms with Crippen LogP contribution in [0.2, 0.25) is 0 Å². The second-order valence-electron chi connectivity index (χ2n) is 3.69. The molecule has 0 amide bonds. The first kappa shape index (κ1) is 9.19. The van der Waals surface area contributed by atoms with Crippen molar-refractivity contribution < 1.29 is 0 Å². The van der Waals surface area contributed by atoms with E-state index in [1.807, 2.05) is 10.7 Å². The Bertz CT molecular complexity index is 419. The van der Waals surface area contributed by atoms with E-state index in [4.69, 9.17) is 0 Å². The van der Waals surface area contributed by atoms with Crippen molar-refractivity contribution in [2.75, 3.05) is 0 Å². The molecule has 2 aromatic rings. The number of nitrogens with zero attached hydrogens (tertiary/aromatic N) is 3. The van der Waals surface area contributed by atoms with Crippen molar-refractivity contribution >= 4 is 5.52 Å². The van der Waals surface area contributed by atoms with Gasteiger partial charge in [0, 0.05) is 5.69 Å². The smallest absolute Gasteiger partial charge is 0.136 e. The summed E-state index contributed by atoms with van der Waals surface area (Å²) in [7, 11) is 0. The highest BCUT2D eigenvalue weighted by molar-refractivity contribution is 5.46. The molecule has 0 radical (unpaired) electrons. The summed E-state index contributed by atoms with van der Waals surface area (Å²) in [5.74, 6) is 0.567. The van der Waals surface area contributed by atoms with Crippen LogP contribution in [0.25, 0.3) is 5.52 Å². The maximum absolute atomic E-state index is 4.25. The van der Waals surface area contributed by atoms with Gasteiger partial charge in [0.25, 0.3) is 0 Å². The minimum atomic E-state index is 0.567. The lowest BCUT2D eigenvalue weighted by atomic mass is 10.0. The fraction of sp³-hybridized carbons (Fsp3) is 0.455. The number of hydrogen-bond donors (Lipinski definition) is 0. The highest BCUT2D eigenvalue weighted by Crippen LogP contribution is 2.21. The Hall–Kier alpha value is -1.38. The van der Waals surface area contributed by atoms with Crippen LogP contribution >= 0.6 is 0 Å². The second kappa shape index (κ2) is 3.78. The standard InChI is InChI=1S/C11H15N3/c1-3-4-9(2)11-6-5-10-7-12-8-13-14(10)11/h5-9H,3-4H2,1-2H3. The van der Waals surface area contributed by atoms with Crippen LogP contribution in [0.5, 0.6) is 0 Å². The van der Waals surface area contributed by atoms with Gasteiger partial charge in [-0.15, -0.1) is 0 Å². The number of fused-ring (bicyclic) bond motifs is 1. The maximum Gasteiger partial charge on any atom is 0.136 e. The summed E-state index contributed by atoms with van der Waals surface area (Å²) >= 11 is 0. The molecule has 0 aliphatic heterocycles. The monoisotopic (exact) mass is 189 g/mol. The van der Waals surface area contributed by atoms with E-state index in [0.717, 1.165) is 5.52 Å². The van der Waals surface area contributed by atoms with E-state index in [1.165, 1.54) is 18.5 Å². The van der Waals surface area contributed by atoms with Gasteiger partial charge in [-0.05, 0) is 24.5 Å². The van der Waals surface area contributed by atoms with Crippen molar-refractivity contribution in [1.82, 2.24) is 14.6 Å². The first-order valence-electron chi connectivity index (χ1n) is 5.10. The Labute approximate surface area is 83.8 Å². The molecule has 0 fully saturated rings. The summed E-state index contributed by atoms with van der Waals surface area (Å²) in [5, 5.41) is 4.25. The fourth-order valence-corrected chi connectivity index (χ4v) is 1.84. The average molecular weight is 189 g/mol. The van der Waals surface area contributed by atoms with Gasteiger partial charge in [-0.1, -0.05) is 20.3 Å². The van der Waals surface area contributed by atoms with Crippen molar-refractivity contribution in [3.8, 4) is 0 Å². The zero-order chi connectivity index (χ0) is 9.97. The third-order valence-electron chi connectivity index (χ3n) is 2.58. The van der Waals surface area contributed by atoms with E-state index in [9.17, 15) is 0 Å². The molecule has 2 rings (SSSR count). The van der Waals surface area contributed by atoms with Crippen molar-refractivity contribution in [2.45, 2.75) is 32.6 Å². The molecular formula is C11H15N3. The van der Waals surface area contributed by atoms with Gasteiger partial charge in [-0.3, -0.25) is 0 Å². The molecule has 0 spiro atoms. The van der Waals surface area contributed by atoms with Gasteiger partial charge in [-0.25, -0.2) is 9.50 Å². The van der Waals surface area contributed by atoms with Crippen LogP contribution in [0.3, 0.4) is 0 Å². The van der Waals surface area contributed by atoms with Crippen molar-refractivity contribution in [2.24, 2.45) is 0 Å². The highest BCUT2D eigenvalue weighted by Gasteiger charge is 2.09. The lowest BCUT2D eigenvalue weighted by Crippen LogP contribution is -2.01. The van der Waals surface area contributed by atoms with Crippen LogP contribution in [0, 0.1) is 0 Å². The van der Waals surface area contributed by atoms with E-state index in [0.29, 0.717) is 5.92 Å². The Morgan fingerprint density at radius 2 is 2.29 bits per heavy atom. The molecule has 3 heteroatoms. The summed E-state index contributed by atoms with van der Waals surface area (Å²) < 4.78 is 1.98. The van der Waals surface area contributed by atoms with E-state index in [1.54, 1.807) is 6.33 Å². The van der Waals surface area contributed by atoms with Crippen LogP contribution in [0.15, 0.2) is 24.7 Å². The first-order valence-corrected chi connectivity index (χ1v) is 5.10. The molecule has 0 saturated carbocycles. The van der Waals surface area contributed by atoms with Crippen LogP contribution < -0.4 is 0 Å². The molecule has 0 bridgehead atoms. The molecule has 0 aliphatic carbocycles. The Kier molecular flexibility index (Phi) is 2.48. The van der Waals surface area contributed by atoms with Gasteiger partial charge in [0.1, 0.15) is 6.33 Å². The van der Waals surface area contributed by atoms with E-state index in [-0.39, 0.29) is 0 Å². The molecule has 0 N–H and O–H groups in total. The minimum Gasteiger partial charge on any atom is -0.241 e. The van der Waals surface area contributed by atoms with Crippen molar-refractivity contribution in [3.05, 3.63) is 30.4 Å². The maximum atomic E-state index is 4.25. The van der Waals surface area contributed by atoms with Gasteiger partial charge in [0.05, 0.1) is 11.7 Å². The Morgan fingerprint density at radius 3 is 3.07 bits per heavy atom. The Morgan fingerprint density at radius 1 is 1.43 bits per heavy atom. The average Bonchev–Trinajstić information content (AvgIpc) is 2.61. The molecular weight excluding hydrogens is 174 g/mol. The largest absolute Gasteiger partial charge is 0.241 e. The van der Waals surface area contributed by atoms with Crippen LogP contribution in [-0.4, -0.2) is 14.6 Å².